The van der Waals surface area contributed by atoms with Crippen LogP contribution in [-0.2, 0) is 4.79 Å². The van der Waals surface area contributed by atoms with Crippen molar-refractivity contribution in [3.05, 3.63) is 47.8 Å². The summed E-state index contributed by atoms with van der Waals surface area (Å²) >= 11 is 0. The van der Waals surface area contributed by atoms with Crippen LogP contribution < -0.4 is 15.5 Å². The fourth-order valence-corrected chi connectivity index (χ4v) is 3.19. The number of anilines is 2. The number of hydrogen-bond acceptors (Lipinski definition) is 5. The third kappa shape index (κ3) is 6.83. The van der Waals surface area contributed by atoms with Crippen LogP contribution in [0.15, 0.2) is 36.7 Å². The predicted molar refractivity (Wildman–Crippen MR) is 120 cm³/mol. The summed E-state index contributed by atoms with van der Waals surface area (Å²) in [5.74, 6) is 0.843. The number of amides is 2. The smallest absolute Gasteiger partial charge is 0.254 e. The van der Waals surface area contributed by atoms with Gasteiger partial charge in [-0.2, -0.15) is 0 Å². The molecule has 30 heavy (non-hydrogen) atoms. The van der Waals surface area contributed by atoms with Gasteiger partial charge in [0, 0.05) is 45.1 Å². The third-order valence-electron chi connectivity index (χ3n) is 5.02. The van der Waals surface area contributed by atoms with E-state index in [0.717, 1.165) is 31.4 Å². The van der Waals surface area contributed by atoms with Gasteiger partial charge in [-0.15, -0.1) is 0 Å². The molecule has 7 heteroatoms. The van der Waals surface area contributed by atoms with Crippen molar-refractivity contribution in [1.82, 2.24) is 20.6 Å². The number of para-hydroxylation sites is 1. The molecule has 0 aliphatic carbocycles. The number of nitrogens with one attached hydrogen (secondary N) is 2. The molecule has 0 radical (unpaired) electrons. The average Bonchev–Trinajstić information content (AvgIpc) is 2.77. The summed E-state index contributed by atoms with van der Waals surface area (Å²) in [6.07, 6.45) is 7.40. The molecule has 0 fully saturated rings. The number of carbonyl (C=O) groups is 2. The largest absolute Gasteiger partial charge is 0.359 e. The fraction of sp³-hybridized carbons (Fsp3) is 0.478. The van der Waals surface area contributed by atoms with Crippen LogP contribution in [0.5, 0.6) is 0 Å². The lowest BCUT2D eigenvalue weighted by atomic mass is 10.0. The number of unbranched alkanes of at least 4 members (excludes halogenated alkanes) is 3. The number of hydrogen-bond donors (Lipinski definition) is 2. The molecule has 2 aromatic rings. The van der Waals surface area contributed by atoms with Crippen LogP contribution >= 0.6 is 0 Å². The van der Waals surface area contributed by atoms with Gasteiger partial charge in [0.2, 0.25) is 11.9 Å². The first-order valence-corrected chi connectivity index (χ1v) is 10.6. The summed E-state index contributed by atoms with van der Waals surface area (Å²) in [7, 11) is 3.58. The number of benzene rings is 1. The average molecular weight is 412 g/mol. The normalized spacial score (nSPS) is 10.7. The van der Waals surface area contributed by atoms with Crippen LogP contribution in [0.1, 0.15) is 67.8 Å². The Hall–Kier alpha value is -2.96. The molecule has 2 N–H and O–H groups in total. The van der Waals surface area contributed by atoms with Gasteiger partial charge in [0.05, 0.1) is 5.56 Å². The topological polar surface area (TPSA) is 87.2 Å². The SMILES string of the molecule is CNC(=O)CCCCCCNC(=O)c1cnc(N(C)c2ccccc2C(C)C)nc1. The Morgan fingerprint density at radius 3 is 2.37 bits per heavy atom. The van der Waals surface area contributed by atoms with Gasteiger partial charge in [0.1, 0.15) is 0 Å². The first-order valence-electron chi connectivity index (χ1n) is 10.6. The second-order valence-electron chi connectivity index (χ2n) is 7.64. The molecule has 0 atom stereocenters. The zero-order valence-electron chi connectivity index (χ0n) is 18.4. The van der Waals surface area contributed by atoms with Crippen molar-refractivity contribution in [1.29, 1.82) is 0 Å². The summed E-state index contributed by atoms with van der Waals surface area (Å²) in [5.41, 5.74) is 2.73. The van der Waals surface area contributed by atoms with Crippen molar-refractivity contribution >= 4 is 23.5 Å². The van der Waals surface area contributed by atoms with Gasteiger partial charge in [0.25, 0.3) is 5.91 Å². The molecule has 0 unspecified atom stereocenters. The van der Waals surface area contributed by atoms with Gasteiger partial charge in [-0.1, -0.05) is 44.9 Å². The quantitative estimate of drug-likeness (QED) is 0.549. The summed E-state index contributed by atoms with van der Waals surface area (Å²) in [6, 6.07) is 8.19. The zero-order chi connectivity index (χ0) is 21.9. The first-order chi connectivity index (χ1) is 14.4. The molecule has 0 bridgehead atoms. The lowest BCUT2D eigenvalue weighted by Gasteiger charge is -2.22. The minimum atomic E-state index is -0.169. The molecule has 162 valence electrons. The van der Waals surface area contributed by atoms with E-state index >= 15 is 0 Å². The van der Waals surface area contributed by atoms with Gasteiger partial charge in [-0.3, -0.25) is 9.59 Å². The van der Waals surface area contributed by atoms with Crippen LogP contribution in [0, 0.1) is 0 Å². The molecule has 2 amide bonds. The Morgan fingerprint density at radius 2 is 1.70 bits per heavy atom. The minimum Gasteiger partial charge on any atom is -0.359 e. The molecular formula is C23H33N5O2. The molecule has 1 aromatic heterocycles. The molecular weight excluding hydrogens is 378 g/mol. The van der Waals surface area contributed by atoms with Crippen molar-refractivity contribution in [3.63, 3.8) is 0 Å². The van der Waals surface area contributed by atoms with Crippen LogP contribution in [0.3, 0.4) is 0 Å². The molecule has 2 rings (SSSR count). The highest BCUT2D eigenvalue weighted by Gasteiger charge is 2.14. The maximum absolute atomic E-state index is 12.3. The molecule has 0 saturated carbocycles. The van der Waals surface area contributed by atoms with E-state index in [2.05, 4.69) is 40.5 Å². The van der Waals surface area contributed by atoms with Crippen LogP contribution in [0.2, 0.25) is 0 Å². The van der Waals surface area contributed by atoms with Crippen molar-refractivity contribution in [2.24, 2.45) is 0 Å². The summed E-state index contributed by atoms with van der Waals surface area (Å²) in [5, 5.41) is 5.52. The molecule has 1 heterocycles. The lowest BCUT2D eigenvalue weighted by molar-refractivity contribution is -0.120. The van der Waals surface area contributed by atoms with E-state index < -0.39 is 0 Å². The Balaban J connectivity index is 1.82. The Labute approximate surface area is 179 Å². The monoisotopic (exact) mass is 411 g/mol. The molecule has 0 saturated heterocycles. The lowest BCUT2D eigenvalue weighted by Crippen LogP contribution is -2.25. The second-order valence-corrected chi connectivity index (χ2v) is 7.64. The number of nitrogens with zero attached hydrogens (tertiary/aromatic N) is 3. The second kappa shape index (κ2) is 11.9. The fourth-order valence-electron chi connectivity index (χ4n) is 3.19. The highest BCUT2D eigenvalue weighted by molar-refractivity contribution is 5.93. The van der Waals surface area contributed by atoms with Crippen molar-refractivity contribution in [2.75, 3.05) is 25.5 Å². The molecule has 7 nitrogen and oxygen atoms in total. The highest BCUT2D eigenvalue weighted by Crippen LogP contribution is 2.29. The third-order valence-corrected chi connectivity index (χ3v) is 5.02. The van der Waals surface area contributed by atoms with E-state index in [4.69, 9.17) is 0 Å². The van der Waals surface area contributed by atoms with Gasteiger partial charge in [-0.05, 0) is 30.4 Å². The van der Waals surface area contributed by atoms with Gasteiger partial charge in [-0.25, -0.2) is 9.97 Å². The van der Waals surface area contributed by atoms with Crippen molar-refractivity contribution in [2.45, 2.75) is 51.9 Å². The van der Waals surface area contributed by atoms with E-state index in [9.17, 15) is 9.59 Å². The Kier molecular flexibility index (Phi) is 9.25. The van der Waals surface area contributed by atoms with Gasteiger partial charge < -0.3 is 15.5 Å². The predicted octanol–water partition coefficient (Wildman–Crippen LogP) is 3.79. The summed E-state index contributed by atoms with van der Waals surface area (Å²) in [6.45, 7) is 4.91. The number of carbonyl (C=O) groups excluding carboxylic acids is 2. The zero-order valence-corrected chi connectivity index (χ0v) is 18.4. The maximum atomic E-state index is 12.3. The van der Waals surface area contributed by atoms with E-state index in [1.165, 1.54) is 5.56 Å². The maximum Gasteiger partial charge on any atom is 0.254 e. The van der Waals surface area contributed by atoms with Crippen molar-refractivity contribution < 1.29 is 9.59 Å². The molecule has 0 aliphatic heterocycles. The van der Waals surface area contributed by atoms with E-state index in [0.29, 0.717) is 30.4 Å². The minimum absolute atomic E-state index is 0.0742. The van der Waals surface area contributed by atoms with Gasteiger partial charge in [0.15, 0.2) is 0 Å². The van der Waals surface area contributed by atoms with E-state index in [1.54, 1.807) is 19.4 Å². The summed E-state index contributed by atoms with van der Waals surface area (Å²) < 4.78 is 0. The van der Waals surface area contributed by atoms with Crippen molar-refractivity contribution in [3.8, 4) is 0 Å². The van der Waals surface area contributed by atoms with Crippen LogP contribution in [0.25, 0.3) is 0 Å². The van der Waals surface area contributed by atoms with E-state index in [1.807, 2.05) is 30.1 Å². The summed E-state index contributed by atoms with van der Waals surface area (Å²) in [4.78, 5) is 34.2. The van der Waals surface area contributed by atoms with Crippen LogP contribution in [-0.4, -0.2) is 42.4 Å². The molecule has 0 aliphatic rings. The molecule has 0 spiro atoms. The van der Waals surface area contributed by atoms with Gasteiger partial charge >= 0.3 is 0 Å². The Bertz CT molecular complexity index is 821. The molecule has 1 aromatic carbocycles. The Morgan fingerprint density at radius 1 is 1.03 bits per heavy atom. The standard InChI is InChI=1S/C23H33N5O2/c1-17(2)19-11-8-9-12-20(19)28(4)23-26-15-18(16-27-23)22(30)25-14-10-6-5-7-13-21(29)24-3/h8-9,11-12,15-17H,5-7,10,13-14H2,1-4H3,(H,24,29)(H,25,30). The van der Waals surface area contributed by atoms with E-state index in [-0.39, 0.29) is 11.8 Å². The number of rotatable bonds is 11. The number of aromatic nitrogens is 2. The highest BCUT2D eigenvalue weighted by atomic mass is 16.2. The van der Waals surface area contributed by atoms with Crippen LogP contribution in [0.4, 0.5) is 11.6 Å². The first kappa shape index (κ1) is 23.3.